The van der Waals surface area contributed by atoms with Crippen LogP contribution >= 0.6 is 0 Å². The average Bonchev–Trinajstić information content (AvgIpc) is 2.25. The second-order valence-corrected chi connectivity index (χ2v) is 2.91. The normalized spacial score (nSPS) is 11.7. The van der Waals surface area contributed by atoms with Crippen molar-refractivity contribution >= 4 is 5.97 Å². The van der Waals surface area contributed by atoms with Gasteiger partial charge in [-0.3, -0.25) is 4.98 Å². The molecule has 17 heavy (non-hydrogen) atoms. The third kappa shape index (κ3) is 2.69. The van der Waals surface area contributed by atoms with Gasteiger partial charge in [0.1, 0.15) is 5.69 Å². The van der Waals surface area contributed by atoms with Gasteiger partial charge in [-0.25, -0.2) is 13.6 Å². The molecular weight excluding hydrogens is 249 g/mol. The maximum atomic E-state index is 12.5. The van der Waals surface area contributed by atoms with Gasteiger partial charge in [0, 0.05) is 6.20 Å². The Hall–Kier alpha value is -1.73. The highest BCUT2D eigenvalue weighted by Crippen LogP contribution is 2.35. The minimum absolute atomic E-state index is 0.443. The van der Waals surface area contributed by atoms with E-state index in [0.717, 1.165) is 7.11 Å². The SMILES string of the molecule is COC(=O)c1c(C(F)(F)F)ccnc1C(F)F. The Bertz CT molecular complexity index is 430. The first kappa shape index (κ1) is 13.3. The van der Waals surface area contributed by atoms with E-state index in [1.165, 1.54) is 0 Å². The van der Waals surface area contributed by atoms with Gasteiger partial charge in [-0.15, -0.1) is 0 Å². The summed E-state index contributed by atoms with van der Waals surface area (Å²) >= 11 is 0. The zero-order valence-corrected chi connectivity index (χ0v) is 8.39. The van der Waals surface area contributed by atoms with Crippen LogP contribution in [0.15, 0.2) is 12.3 Å². The number of pyridine rings is 1. The van der Waals surface area contributed by atoms with Crippen molar-refractivity contribution in [1.82, 2.24) is 4.98 Å². The minimum Gasteiger partial charge on any atom is -0.465 e. The Kier molecular flexibility index (Phi) is 3.64. The van der Waals surface area contributed by atoms with Crippen LogP contribution in [-0.4, -0.2) is 18.1 Å². The molecule has 0 N–H and O–H groups in total. The lowest BCUT2D eigenvalue weighted by Gasteiger charge is -2.13. The summed E-state index contributed by atoms with van der Waals surface area (Å²) in [6.45, 7) is 0. The third-order valence-electron chi connectivity index (χ3n) is 1.88. The van der Waals surface area contributed by atoms with Gasteiger partial charge in [-0.1, -0.05) is 0 Å². The number of halogens is 5. The van der Waals surface area contributed by atoms with E-state index in [2.05, 4.69) is 9.72 Å². The van der Waals surface area contributed by atoms with Gasteiger partial charge < -0.3 is 4.74 Å². The average molecular weight is 255 g/mol. The monoisotopic (exact) mass is 255 g/mol. The highest BCUT2D eigenvalue weighted by molar-refractivity contribution is 5.92. The molecule has 0 atom stereocenters. The van der Waals surface area contributed by atoms with Crippen LogP contribution in [0.25, 0.3) is 0 Å². The summed E-state index contributed by atoms with van der Waals surface area (Å²) in [4.78, 5) is 14.2. The molecule has 0 saturated heterocycles. The number of methoxy groups -OCH3 is 1. The van der Waals surface area contributed by atoms with Crippen molar-refractivity contribution < 1.29 is 31.5 Å². The number of ether oxygens (including phenoxy) is 1. The van der Waals surface area contributed by atoms with Gasteiger partial charge in [0.15, 0.2) is 0 Å². The standard InChI is InChI=1S/C9H6F5NO2/c1-17-8(16)5-4(9(12,13)14)2-3-15-6(5)7(10)11/h2-3,7H,1H3. The van der Waals surface area contributed by atoms with Crippen LogP contribution in [0, 0.1) is 0 Å². The van der Waals surface area contributed by atoms with Crippen molar-refractivity contribution in [1.29, 1.82) is 0 Å². The Labute approximate surface area is 92.2 Å². The molecule has 3 nitrogen and oxygen atoms in total. The topological polar surface area (TPSA) is 39.2 Å². The largest absolute Gasteiger partial charge is 0.465 e. The molecule has 0 saturated carbocycles. The molecule has 0 radical (unpaired) electrons. The fraction of sp³-hybridized carbons (Fsp3) is 0.333. The molecule has 1 heterocycles. The Morgan fingerprint density at radius 3 is 2.41 bits per heavy atom. The summed E-state index contributed by atoms with van der Waals surface area (Å²) in [6.07, 6.45) is -7.67. The van der Waals surface area contributed by atoms with Gasteiger partial charge >= 0.3 is 12.1 Å². The molecule has 0 amide bonds. The van der Waals surface area contributed by atoms with Crippen molar-refractivity contribution in [3.8, 4) is 0 Å². The maximum absolute atomic E-state index is 12.5. The summed E-state index contributed by atoms with van der Waals surface area (Å²) in [6, 6.07) is 0.443. The predicted molar refractivity (Wildman–Crippen MR) is 45.5 cm³/mol. The Morgan fingerprint density at radius 2 is 2.00 bits per heavy atom. The zero-order chi connectivity index (χ0) is 13.2. The lowest BCUT2D eigenvalue weighted by atomic mass is 10.1. The molecule has 1 aromatic rings. The van der Waals surface area contributed by atoms with Crippen molar-refractivity contribution in [3.05, 3.63) is 29.1 Å². The molecule has 0 aliphatic carbocycles. The van der Waals surface area contributed by atoms with Crippen LogP contribution in [0.4, 0.5) is 22.0 Å². The molecule has 0 aliphatic heterocycles. The first-order valence-corrected chi connectivity index (χ1v) is 4.21. The van der Waals surface area contributed by atoms with Crippen LogP contribution in [-0.2, 0) is 10.9 Å². The molecule has 0 aromatic carbocycles. The molecule has 94 valence electrons. The van der Waals surface area contributed by atoms with E-state index in [9.17, 15) is 26.7 Å². The van der Waals surface area contributed by atoms with Crippen molar-refractivity contribution in [3.63, 3.8) is 0 Å². The number of alkyl halides is 5. The molecule has 0 bridgehead atoms. The van der Waals surface area contributed by atoms with Gasteiger partial charge in [-0.2, -0.15) is 13.2 Å². The second-order valence-electron chi connectivity index (χ2n) is 2.91. The minimum atomic E-state index is -4.93. The Balaban J connectivity index is 3.51. The van der Waals surface area contributed by atoms with E-state index in [-0.39, 0.29) is 0 Å². The summed E-state index contributed by atoms with van der Waals surface area (Å²) in [5.74, 6) is -1.50. The first-order valence-electron chi connectivity index (χ1n) is 4.21. The summed E-state index contributed by atoms with van der Waals surface area (Å²) in [5.41, 5.74) is -3.99. The zero-order valence-electron chi connectivity index (χ0n) is 8.39. The number of hydrogen-bond donors (Lipinski definition) is 0. The van der Waals surface area contributed by atoms with Gasteiger partial charge in [0.05, 0.1) is 18.2 Å². The van der Waals surface area contributed by atoms with E-state index in [1.807, 2.05) is 0 Å². The second kappa shape index (κ2) is 4.64. The molecular formula is C9H6F5NO2. The van der Waals surface area contributed by atoms with Crippen molar-refractivity contribution in [2.45, 2.75) is 12.6 Å². The fourth-order valence-electron chi connectivity index (χ4n) is 1.20. The molecule has 0 unspecified atom stereocenters. The molecule has 8 heteroatoms. The van der Waals surface area contributed by atoms with E-state index < -0.39 is 35.4 Å². The maximum Gasteiger partial charge on any atom is 0.417 e. The number of carbonyl (C=O) groups excluding carboxylic acids is 1. The molecule has 1 aromatic heterocycles. The smallest absolute Gasteiger partial charge is 0.417 e. The first-order chi connectivity index (χ1) is 7.79. The number of aromatic nitrogens is 1. The summed E-state index contributed by atoms with van der Waals surface area (Å²) in [7, 11) is 0.796. The van der Waals surface area contributed by atoms with Crippen LogP contribution in [0.5, 0.6) is 0 Å². The Morgan fingerprint density at radius 1 is 1.41 bits per heavy atom. The van der Waals surface area contributed by atoms with Crippen LogP contribution in [0.3, 0.4) is 0 Å². The van der Waals surface area contributed by atoms with Gasteiger partial charge in [0.25, 0.3) is 6.43 Å². The summed E-state index contributed by atoms with van der Waals surface area (Å²) in [5, 5.41) is 0. The van der Waals surface area contributed by atoms with E-state index in [1.54, 1.807) is 0 Å². The van der Waals surface area contributed by atoms with Crippen LogP contribution in [0.1, 0.15) is 28.0 Å². The highest BCUT2D eigenvalue weighted by Gasteiger charge is 2.38. The predicted octanol–water partition coefficient (Wildman–Crippen LogP) is 2.82. The lowest BCUT2D eigenvalue weighted by Crippen LogP contribution is -2.18. The fourth-order valence-corrected chi connectivity index (χ4v) is 1.20. The van der Waals surface area contributed by atoms with Gasteiger partial charge in [0.2, 0.25) is 0 Å². The quantitative estimate of drug-likeness (QED) is 0.602. The van der Waals surface area contributed by atoms with Gasteiger partial charge in [-0.05, 0) is 6.07 Å². The van der Waals surface area contributed by atoms with Crippen LogP contribution < -0.4 is 0 Å². The molecule has 0 aliphatic rings. The number of carbonyl (C=O) groups is 1. The molecule has 0 fully saturated rings. The number of rotatable bonds is 2. The third-order valence-corrected chi connectivity index (χ3v) is 1.88. The van der Waals surface area contributed by atoms with E-state index >= 15 is 0 Å². The van der Waals surface area contributed by atoms with E-state index in [4.69, 9.17) is 0 Å². The van der Waals surface area contributed by atoms with E-state index in [0.29, 0.717) is 12.3 Å². The lowest BCUT2D eigenvalue weighted by molar-refractivity contribution is -0.138. The number of esters is 1. The van der Waals surface area contributed by atoms with Crippen molar-refractivity contribution in [2.75, 3.05) is 7.11 Å². The number of nitrogens with zero attached hydrogens (tertiary/aromatic N) is 1. The van der Waals surface area contributed by atoms with Crippen LogP contribution in [0.2, 0.25) is 0 Å². The number of hydrogen-bond acceptors (Lipinski definition) is 3. The highest BCUT2D eigenvalue weighted by atomic mass is 19.4. The van der Waals surface area contributed by atoms with Crippen molar-refractivity contribution in [2.24, 2.45) is 0 Å². The summed E-state index contributed by atoms with van der Waals surface area (Å²) < 4.78 is 66.5. The molecule has 1 rings (SSSR count). The molecule has 0 spiro atoms.